The van der Waals surface area contributed by atoms with Gasteiger partial charge in [0.2, 0.25) is 0 Å². The maximum atomic E-state index is 5.44. The van der Waals surface area contributed by atoms with Crippen LogP contribution in [0, 0.1) is 17.8 Å². The van der Waals surface area contributed by atoms with Gasteiger partial charge in [-0.15, -0.1) is 0 Å². The highest BCUT2D eigenvalue weighted by Crippen LogP contribution is 2.45. The third-order valence-corrected chi connectivity index (χ3v) is 6.73. The fraction of sp³-hybridized carbons (Fsp3) is 0.846. The number of allylic oxidation sites excluding steroid dienone is 2. The Morgan fingerprint density at radius 1 is 1.25 bits per heavy atom. The van der Waals surface area contributed by atoms with Crippen LogP contribution in [0.15, 0.2) is 12.2 Å². The lowest BCUT2D eigenvalue weighted by atomic mass is 9.91. The van der Waals surface area contributed by atoms with Crippen LogP contribution in [-0.2, 0) is 9.47 Å². The molecule has 0 aliphatic heterocycles. The van der Waals surface area contributed by atoms with Crippen LogP contribution in [0.1, 0.15) is 26.2 Å². The van der Waals surface area contributed by atoms with Gasteiger partial charge in [0.05, 0.1) is 9.52 Å². The van der Waals surface area contributed by atoms with Crippen molar-refractivity contribution >= 4 is 9.52 Å². The minimum absolute atomic E-state index is 0.243. The summed E-state index contributed by atoms with van der Waals surface area (Å²) in [5.74, 6) is 2.77. The van der Waals surface area contributed by atoms with E-state index >= 15 is 0 Å². The molecular formula is C13H24O2Si. The Bertz CT molecular complexity index is 261. The molecule has 2 aliphatic carbocycles. The molecule has 0 heterocycles. The fourth-order valence-corrected chi connectivity index (χ4v) is 4.98. The normalized spacial score (nSPS) is 33.3. The second kappa shape index (κ2) is 5.03. The lowest BCUT2D eigenvalue weighted by Crippen LogP contribution is -2.36. The SMILES string of the molecule is COC(C)(OC)[SiH2]CCC1CC2C=CC1C2. The number of hydrogen-bond acceptors (Lipinski definition) is 2. The van der Waals surface area contributed by atoms with Gasteiger partial charge in [-0.05, 0) is 37.5 Å². The monoisotopic (exact) mass is 240 g/mol. The van der Waals surface area contributed by atoms with E-state index in [4.69, 9.17) is 9.47 Å². The first-order chi connectivity index (χ1) is 7.67. The summed E-state index contributed by atoms with van der Waals surface area (Å²) in [7, 11) is 3.23. The van der Waals surface area contributed by atoms with Gasteiger partial charge in [0, 0.05) is 14.2 Å². The van der Waals surface area contributed by atoms with E-state index in [1.54, 1.807) is 14.2 Å². The predicted molar refractivity (Wildman–Crippen MR) is 69.2 cm³/mol. The van der Waals surface area contributed by atoms with Gasteiger partial charge in [-0.2, -0.15) is 0 Å². The molecule has 2 nitrogen and oxygen atoms in total. The third-order valence-electron chi connectivity index (χ3n) is 4.49. The van der Waals surface area contributed by atoms with Crippen LogP contribution in [0.4, 0.5) is 0 Å². The van der Waals surface area contributed by atoms with Gasteiger partial charge in [0.1, 0.15) is 5.41 Å². The minimum atomic E-state index is -0.289. The van der Waals surface area contributed by atoms with Crippen LogP contribution in [0.25, 0.3) is 0 Å². The zero-order chi connectivity index (χ0) is 11.6. The van der Waals surface area contributed by atoms with Crippen LogP contribution in [0.5, 0.6) is 0 Å². The van der Waals surface area contributed by atoms with Crippen LogP contribution >= 0.6 is 0 Å². The molecular weight excluding hydrogens is 216 g/mol. The van der Waals surface area contributed by atoms with Gasteiger partial charge in [-0.1, -0.05) is 24.6 Å². The molecule has 0 saturated heterocycles. The lowest BCUT2D eigenvalue weighted by molar-refractivity contribution is -0.130. The van der Waals surface area contributed by atoms with Crippen molar-refractivity contribution < 1.29 is 9.47 Å². The Morgan fingerprint density at radius 3 is 2.50 bits per heavy atom. The van der Waals surface area contributed by atoms with Crippen molar-refractivity contribution in [3.8, 4) is 0 Å². The van der Waals surface area contributed by atoms with Crippen molar-refractivity contribution in [3.63, 3.8) is 0 Å². The molecule has 2 bridgehead atoms. The van der Waals surface area contributed by atoms with Crippen molar-refractivity contribution in [2.75, 3.05) is 14.2 Å². The molecule has 0 aromatic carbocycles. The summed E-state index contributed by atoms with van der Waals surface area (Å²) >= 11 is 0. The van der Waals surface area contributed by atoms with E-state index in [2.05, 4.69) is 19.1 Å². The van der Waals surface area contributed by atoms with E-state index < -0.39 is 0 Å². The zero-order valence-electron chi connectivity index (χ0n) is 10.7. The molecule has 3 atom stereocenters. The van der Waals surface area contributed by atoms with E-state index in [9.17, 15) is 0 Å². The van der Waals surface area contributed by atoms with Gasteiger partial charge in [-0.25, -0.2) is 0 Å². The van der Waals surface area contributed by atoms with Gasteiger partial charge < -0.3 is 9.47 Å². The number of ether oxygens (including phenoxy) is 2. The molecule has 92 valence electrons. The van der Waals surface area contributed by atoms with Crippen LogP contribution in [0.3, 0.4) is 0 Å². The first-order valence-corrected chi connectivity index (χ1v) is 8.16. The summed E-state index contributed by atoms with van der Waals surface area (Å²) in [6.07, 6.45) is 9.13. The number of fused-ring (bicyclic) bond motifs is 2. The molecule has 0 aromatic heterocycles. The first kappa shape index (κ1) is 12.3. The lowest BCUT2D eigenvalue weighted by Gasteiger charge is -2.27. The van der Waals surface area contributed by atoms with Crippen molar-refractivity contribution in [3.05, 3.63) is 12.2 Å². The molecule has 16 heavy (non-hydrogen) atoms. The molecule has 0 aromatic rings. The highest BCUT2D eigenvalue weighted by Gasteiger charge is 2.35. The summed E-state index contributed by atoms with van der Waals surface area (Å²) < 4.78 is 10.9. The van der Waals surface area contributed by atoms with E-state index in [-0.39, 0.29) is 14.9 Å². The van der Waals surface area contributed by atoms with Crippen molar-refractivity contribution in [1.29, 1.82) is 0 Å². The second-order valence-corrected chi connectivity index (χ2v) is 7.97. The highest BCUT2D eigenvalue weighted by atomic mass is 28.2. The molecule has 2 rings (SSSR count). The molecule has 3 heteroatoms. The van der Waals surface area contributed by atoms with Gasteiger partial charge >= 0.3 is 0 Å². The van der Waals surface area contributed by atoms with Crippen molar-refractivity contribution in [2.24, 2.45) is 17.8 Å². The zero-order valence-corrected chi connectivity index (χ0v) is 12.2. The highest BCUT2D eigenvalue weighted by molar-refractivity contribution is 6.38. The van der Waals surface area contributed by atoms with Crippen LogP contribution < -0.4 is 0 Å². The number of methoxy groups -OCH3 is 2. The van der Waals surface area contributed by atoms with E-state index in [0.29, 0.717) is 0 Å². The van der Waals surface area contributed by atoms with Crippen molar-refractivity contribution in [2.45, 2.75) is 37.6 Å². The molecule has 1 fully saturated rings. The largest absolute Gasteiger partial charge is 0.358 e. The maximum absolute atomic E-state index is 5.44. The average molecular weight is 240 g/mol. The molecule has 1 saturated carbocycles. The van der Waals surface area contributed by atoms with E-state index in [1.807, 2.05) is 0 Å². The van der Waals surface area contributed by atoms with Crippen molar-refractivity contribution in [1.82, 2.24) is 0 Å². The Morgan fingerprint density at radius 2 is 2.00 bits per heavy atom. The summed E-state index contributed by atoms with van der Waals surface area (Å²) in [6.45, 7) is 2.08. The summed E-state index contributed by atoms with van der Waals surface area (Å²) in [6, 6.07) is 1.35. The Hall–Kier alpha value is -0.123. The summed E-state index contributed by atoms with van der Waals surface area (Å²) in [5.41, 5.74) is -0.243. The average Bonchev–Trinajstić information content (AvgIpc) is 2.91. The van der Waals surface area contributed by atoms with E-state index in [1.165, 1.54) is 25.3 Å². The summed E-state index contributed by atoms with van der Waals surface area (Å²) in [4.78, 5) is 0. The summed E-state index contributed by atoms with van der Waals surface area (Å²) in [5, 5.41) is 0. The topological polar surface area (TPSA) is 18.5 Å². The Kier molecular flexibility index (Phi) is 3.87. The van der Waals surface area contributed by atoms with Gasteiger partial charge in [-0.3, -0.25) is 0 Å². The first-order valence-electron chi connectivity index (χ1n) is 6.45. The van der Waals surface area contributed by atoms with E-state index in [0.717, 1.165) is 17.8 Å². The fourth-order valence-electron chi connectivity index (χ4n) is 3.20. The maximum Gasteiger partial charge on any atom is 0.141 e. The molecule has 3 unspecified atom stereocenters. The molecule has 2 aliphatic rings. The molecule has 0 spiro atoms. The molecule has 0 amide bonds. The standard InChI is InChI=1S/C13H24O2Si/c1-13(14-2,15-3)16-7-6-12-9-10-4-5-11(12)8-10/h4-5,10-12H,6-9,16H2,1-3H3. The van der Waals surface area contributed by atoms with Crippen LogP contribution in [0.2, 0.25) is 6.04 Å². The minimum Gasteiger partial charge on any atom is -0.358 e. The Balaban J connectivity index is 1.71. The van der Waals surface area contributed by atoms with Gasteiger partial charge in [0.15, 0.2) is 0 Å². The molecule has 0 N–H and O–H groups in total. The van der Waals surface area contributed by atoms with Crippen LogP contribution in [-0.4, -0.2) is 29.1 Å². The smallest absolute Gasteiger partial charge is 0.141 e. The second-order valence-electron chi connectivity index (χ2n) is 5.47. The number of rotatable bonds is 6. The van der Waals surface area contributed by atoms with Gasteiger partial charge in [0.25, 0.3) is 0 Å². The number of hydrogen-bond donors (Lipinski definition) is 0. The predicted octanol–water partition coefficient (Wildman–Crippen LogP) is 2.14. The third kappa shape index (κ3) is 2.58. The quantitative estimate of drug-likeness (QED) is 0.402. The Labute approximate surface area is 101 Å². The molecule has 0 radical (unpaired) electrons.